The minimum atomic E-state index is 0.534. The average molecular weight is 255 g/mol. The highest BCUT2D eigenvalue weighted by molar-refractivity contribution is 6.30. The number of aromatic nitrogens is 1. The molecule has 0 saturated carbocycles. The molecular formula is C12H19ClN4. The molecule has 0 aliphatic carbocycles. The van der Waals surface area contributed by atoms with Gasteiger partial charge in [0, 0.05) is 38.4 Å². The van der Waals surface area contributed by atoms with Crippen LogP contribution in [0.4, 0.5) is 5.82 Å². The fraction of sp³-hybridized carbons (Fsp3) is 0.583. The summed E-state index contributed by atoms with van der Waals surface area (Å²) in [6.07, 6.45) is 1.67. The molecule has 1 aliphatic rings. The minimum absolute atomic E-state index is 0.534. The van der Waals surface area contributed by atoms with Crippen molar-refractivity contribution >= 4 is 17.4 Å². The van der Waals surface area contributed by atoms with E-state index in [1.807, 2.05) is 12.1 Å². The van der Waals surface area contributed by atoms with Gasteiger partial charge in [-0.25, -0.2) is 4.98 Å². The Morgan fingerprint density at radius 3 is 2.94 bits per heavy atom. The summed E-state index contributed by atoms with van der Waals surface area (Å²) in [5.74, 6) is 0.885. The largest absolute Gasteiger partial charge is 0.368 e. The van der Waals surface area contributed by atoms with Gasteiger partial charge in [0.15, 0.2) is 0 Å². The van der Waals surface area contributed by atoms with Gasteiger partial charge in [-0.1, -0.05) is 11.6 Å². The molecular weight excluding hydrogens is 236 g/mol. The number of pyridine rings is 1. The third-order valence-electron chi connectivity index (χ3n) is 3.23. The summed E-state index contributed by atoms with van der Waals surface area (Å²) < 4.78 is 0. The summed E-state index contributed by atoms with van der Waals surface area (Å²) in [5, 5.41) is 4.03. The highest BCUT2D eigenvalue weighted by Crippen LogP contribution is 2.11. The molecule has 1 saturated heterocycles. The van der Waals surface area contributed by atoms with Crippen LogP contribution in [0.3, 0.4) is 0 Å². The van der Waals surface area contributed by atoms with Crippen molar-refractivity contribution in [1.82, 2.24) is 14.8 Å². The molecule has 0 radical (unpaired) electrons. The Balaban J connectivity index is 1.86. The molecule has 1 atom stereocenters. The minimum Gasteiger partial charge on any atom is -0.368 e. The first-order valence-corrected chi connectivity index (χ1v) is 6.27. The number of nitrogens with one attached hydrogen (secondary N) is 1. The van der Waals surface area contributed by atoms with E-state index in [-0.39, 0.29) is 0 Å². The van der Waals surface area contributed by atoms with Gasteiger partial charge in [-0.2, -0.15) is 0 Å². The van der Waals surface area contributed by atoms with Crippen LogP contribution in [0.25, 0.3) is 0 Å². The zero-order valence-electron chi connectivity index (χ0n) is 10.4. The maximum Gasteiger partial charge on any atom is 0.126 e. The van der Waals surface area contributed by atoms with Gasteiger partial charge in [-0.3, -0.25) is 4.90 Å². The Kier molecular flexibility index (Phi) is 4.20. The number of nitrogens with zero attached hydrogens (tertiary/aromatic N) is 3. The third-order valence-corrected chi connectivity index (χ3v) is 3.45. The van der Waals surface area contributed by atoms with Crippen molar-refractivity contribution in [1.29, 1.82) is 0 Å². The van der Waals surface area contributed by atoms with Gasteiger partial charge >= 0.3 is 0 Å². The monoisotopic (exact) mass is 254 g/mol. The lowest BCUT2D eigenvalue weighted by Crippen LogP contribution is -2.52. The second kappa shape index (κ2) is 5.67. The van der Waals surface area contributed by atoms with Gasteiger partial charge in [-0.05, 0) is 26.2 Å². The molecule has 2 heterocycles. The Morgan fingerprint density at radius 1 is 1.41 bits per heavy atom. The predicted molar refractivity (Wildman–Crippen MR) is 71.7 cm³/mol. The van der Waals surface area contributed by atoms with Crippen molar-refractivity contribution in [2.45, 2.75) is 6.04 Å². The lowest BCUT2D eigenvalue weighted by molar-refractivity contribution is 0.122. The number of halogens is 1. The smallest absolute Gasteiger partial charge is 0.126 e. The van der Waals surface area contributed by atoms with Crippen molar-refractivity contribution in [2.75, 3.05) is 45.6 Å². The van der Waals surface area contributed by atoms with Crippen molar-refractivity contribution in [3.63, 3.8) is 0 Å². The van der Waals surface area contributed by atoms with E-state index in [1.54, 1.807) is 6.20 Å². The van der Waals surface area contributed by atoms with E-state index in [1.165, 1.54) is 0 Å². The van der Waals surface area contributed by atoms with Crippen molar-refractivity contribution in [2.24, 2.45) is 0 Å². The van der Waals surface area contributed by atoms with Crippen molar-refractivity contribution in [3.05, 3.63) is 23.4 Å². The molecule has 1 N–H and O–H groups in total. The standard InChI is InChI=1S/C12H19ClN4/c1-16-5-6-17(2)11(9-16)8-15-12-4-3-10(13)7-14-12/h3-4,7,11H,5-6,8-9H2,1-2H3,(H,14,15). The topological polar surface area (TPSA) is 31.4 Å². The molecule has 0 aromatic carbocycles. The van der Waals surface area contributed by atoms with Crippen LogP contribution in [0.15, 0.2) is 18.3 Å². The van der Waals surface area contributed by atoms with E-state index in [0.717, 1.165) is 32.0 Å². The zero-order valence-corrected chi connectivity index (χ0v) is 11.1. The van der Waals surface area contributed by atoms with Gasteiger partial charge in [0.2, 0.25) is 0 Å². The molecule has 1 aliphatic heterocycles. The van der Waals surface area contributed by atoms with E-state index in [9.17, 15) is 0 Å². The summed E-state index contributed by atoms with van der Waals surface area (Å²) in [5.41, 5.74) is 0. The molecule has 1 fully saturated rings. The van der Waals surface area contributed by atoms with Gasteiger partial charge in [0.25, 0.3) is 0 Å². The van der Waals surface area contributed by atoms with E-state index >= 15 is 0 Å². The van der Waals surface area contributed by atoms with Crippen LogP contribution in [-0.4, -0.2) is 61.1 Å². The summed E-state index contributed by atoms with van der Waals surface area (Å²) in [4.78, 5) is 8.99. The van der Waals surface area contributed by atoms with Crippen molar-refractivity contribution in [3.8, 4) is 0 Å². The van der Waals surface area contributed by atoms with E-state index < -0.39 is 0 Å². The van der Waals surface area contributed by atoms with Crippen LogP contribution >= 0.6 is 11.6 Å². The molecule has 1 unspecified atom stereocenters. The van der Waals surface area contributed by atoms with Crippen LogP contribution < -0.4 is 5.32 Å². The summed E-state index contributed by atoms with van der Waals surface area (Å²) in [7, 11) is 4.34. The van der Waals surface area contributed by atoms with Gasteiger partial charge < -0.3 is 10.2 Å². The highest BCUT2D eigenvalue weighted by atomic mass is 35.5. The normalized spacial score (nSPS) is 22.6. The summed E-state index contributed by atoms with van der Waals surface area (Å²) >= 11 is 5.80. The van der Waals surface area contributed by atoms with E-state index in [0.29, 0.717) is 11.1 Å². The molecule has 0 spiro atoms. The number of likely N-dealkylation sites (N-methyl/N-ethyl adjacent to an activating group) is 2. The van der Waals surface area contributed by atoms with Crippen molar-refractivity contribution < 1.29 is 0 Å². The fourth-order valence-corrected chi connectivity index (χ4v) is 2.14. The Bertz CT molecular complexity index is 354. The first-order chi connectivity index (χ1) is 8.15. The second-order valence-electron chi connectivity index (χ2n) is 4.64. The molecule has 1 aromatic heterocycles. The van der Waals surface area contributed by atoms with Crippen LogP contribution in [0, 0.1) is 0 Å². The maximum atomic E-state index is 5.80. The molecule has 1 aromatic rings. The molecule has 17 heavy (non-hydrogen) atoms. The molecule has 0 amide bonds. The SMILES string of the molecule is CN1CCN(C)C(CNc2ccc(Cl)cn2)C1. The van der Waals surface area contributed by atoms with Crippen LogP contribution in [-0.2, 0) is 0 Å². The second-order valence-corrected chi connectivity index (χ2v) is 5.08. The summed E-state index contributed by atoms with van der Waals surface area (Å²) in [6, 6.07) is 4.30. The lowest BCUT2D eigenvalue weighted by atomic mass is 10.2. The predicted octanol–water partition coefficient (Wildman–Crippen LogP) is 1.39. The average Bonchev–Trinajstić information content (AvgIpc) is 2.32. The molecule has 2 rings (SSSR count). The molecule has 4 nitrogen and oxygen atoms in total. The Hall–Kier alpha value is -0.840. The highest BCUT2D eigenvalue weighted by Gasteiger charge is 2.21. The number of hydrogen-bond donors (Lipinski definition) is 1. The first kappa shape index (κ1) is 12.6. The Labute approximate surface area is 108 Å². The fourth-order valence-electron chi connectivity index (χ4n) is 2.02. The third kappa shape index (κ3) is 3.56. The number of piperazine rings is 1. The lowest BCUT2D eigenvalue weighted by Gasteiger charge is -2.37. The molecule has 94 valence electrons. The number of rotatable bonds is 3. The van der Waals surface area contributed by atoms with Crippen LogP contribution in [0.2, 0.25) is 5.02 Å². The van der Waals surface area contributed by atoms with Gasteiger partial charge in [0.1, 0.15) is 5.82 Å². The van der Waals surface area contributed by atoms with E-state index in [4.69, 9.17) is 11.6 Å². The maximum absolute atomic E-state index is 5.80. The van der Waals surface area contributed by atoms with Gasteiger partial charge in [0.05, 0.1) is 5.02 Å². The van der Waals surface area contributed by atoms with E-state index in [2.05, 4.69) is 34.2 Å². The first-order valence-electron chi connectivity index (χ1n) is 5.89. The van der Waals surface area contributed by atoms with Crippen LogP contribution in [0.5, 0.6) is 0 Å². The number of anilines is 1. The van der Waals surface area contributed by atoms with Crippen LogP contribution in [0.1, 0.15) is 0 Å². The molecule has 0 bridgehead atoms. The quantitative estimate of drug-likeness (QED) is 0.884. The molecule has 5 heteroatoms. The zero-order chi connectivity index (χ0) is 12.3. The van der Waals surface area contributed by atoms with Gasteiger partial charge in [-0.15, -0.1) is 0 Å². The Morgan fingerprint density at radius 2 is 2.24 bits per heavy atom. The summed E-state index contributed by atoms with van der Waals surface area (Å²) in [6.45, 7) is 4.27. The number of hydrogen-bond acceptors (Lipinski definition) is 4.